The number of carbonyl (C=O) groups excluding carboxylic acids is 2. The van der Waals surface area contributed by atoms with Crippen molar-refractivity contribution in [1.82, 2.24) is 0 Å². The molecule has 224 valence electrons. The average molecular weight is 549 g/mol. The lowest BCUT2D eigenvalue weighted by atomic mass is 9.65. The molecule has 0 heterocycles. The summed E-state index contributed by atoms with van der Waals surface area (Å²) in [5.74, 6) is 3.19. The van der Waals surface area contributed by atoms with Crippen molar-refractivity contribution in [1.29, 1.82) is 0 Å². The van der Waals surface area contributed by atoms with Crippen LogP contribution in [0.4, 0.5) is 0 Å². The van der Waals surface area contributed by atoms with Crippen LogP contribution in [-0.4, -0.2) is 50.6 Å². The van der Waals surface area contributed by atoms with Crippen molar-refractivity contribution < 1.29 is 28.9 Å². The first-order chi connectivity index (χ1) is 18.7. The lowest BCUT2D eigenvalue weighted by molar-refractivity contribution is -0.151. The van der Waals surface area contributed by atoms with Gasteiger partial charge in [0, 0.05) is 19.6 Å². The van der Waals surface area contributed by atoms with E-state index in [1.807, 2.05) is 13.8 Å². The van der Waals surface area contributed by atoms with E-state index < -0.39 is 11.4 Å². The molecule has 0 bridgehead atoms. The fraction of sp³-hybridized carbons (Fsp3) is 0.879. The molecule has 1 atom stereocenters. The van der Waals surface area contributed by atoms with Gasteiger partial charge in [-0.05, 0) is 86.4 Å². The van der Waals surface area contributed by atoms with E-state index in [9.17, 15) is 14.7 Å². The zero-order valence-corrected chi connectivity index (χ0v) is 25.1. The molecule has 0 saturated heterocycles. The smallest absolute Gasteiger partial charge is 0.335 e. The van der Waals surface area contributed by atoms with Gasteiger partial charge in [-0.3, -0.25) is 4.79 Å². The molecule has 3 aliphatic carbocycles. The first-order valence-electron chi connectivity index (χ1n) is 15.8. The van der Waals surface area contributed by atoms with Crippen molar-refractivity contribution in [2.45, 2.75) is 110 Å². The van der Waals surface area contributed by atoms with Crippen LogP contribution in [0.5, 0.6) is 0 Å². The van der Waals surface area contributed by atoms with Gasteiger partial charge in [-0.25, -0.2) is 4.79 Å². The predicted octanol–water partition coefficient (Wildman–Crippen LogP) is 6.88. The van der Waals surface area contributed by atoms with Crippen molar-refractivity contribution in [3.63, 3.8) is 0 Å². The number of rotatable bonds is 13. The van der Waals surface area contributed by atoms with E-state index in [0.29, 0.717) is 11.5 Å². The molecule has 6 heteroatoms. The van der Waals surface area contributed by atoms with E-state index >= 15 is 0 Å². The van der Waals surface area contributed by atoms with E-state index in [1.54, 1.807) is 0 Å². The molecule has 1 N–H and O–H groups in total. The molecule has 3 aliphatic rings. The second kappa shape index (κ2) is 16.1. The number of aliphatic hydroxyl groups excluding tert-OH is 1. The molecule has 0 aromatic heterocycles. The number of esters is 2. The van der Waals surface area contributed by atoms with Crippen molar-refractivity contribution in [3.8, 4) is 0 Å². The molecule has 3 fully saturated rings. The van der Waals surface area contributed by atoms with Crippen molar-refractivity contribution >= 4 is 11.9 Å². The van der Waals surface area contributed by atoms with E-state index in [0.717, 1.165) is 36.5 Å². The van der Waals surface area contributed by atoms with Crippen LogP contribution in [0.2, 0.25) is 0 Å². The van der Waals surface area contributed by atoms with Gasteiger partial charge < -0.3 is 19.3 Å². The summed E-state index contributed by atoms with van der Waals surface area (Å²) in [4.78, 5) is 24.8. The molecule has 0 amide bonds. The lowest BCUT2D eigenvalue weighted by Crippen LogP contribution is -2.34. The summed E-state index contributed by atoms with van der Waals surface area (Å²) in [5, 5.41) is 9.51. The van der Waals surface area contributed by atoms with Gasteiger partial charge in [0.2, 0.25) is 0 Å². The van der Waals surface area contributed by atoms with Crippen LogP contribution in [-0.2, 0) is 23.8 Å². The van der Waals surface area contributed by atoms with E-state index in [-0.39, 0.29) is 44.7 Å². The number of methoxy groups -OCH3 is 1. The van der Waals surface area contributed by atoms with Crippen LogP contribution >= 0.6 is 0 Å². The first-order valence-corrected chi connectivity index (χ1v) is 15.8. The number of carbonyl (C=O) groups is 2. The number of aliphatic hydroxyl groups is 1. The largest absolute Gasteiger partial charge is 0.465 e. The molecule has 0 spiro atoms. The molecule has 0 aromatic carbocycles. The third-order valence-corrected chi connectivity index (χ3v) is 10.1. The van der Waals surface area contributed by atoms with Gasteiger partial charge in [0.25, 0.3) is 0 Å². The summed E-state index contributed by atoms with van der Waals surface area (Å²) in [6, 6.07) is 0. The molecule has 3 saturated carbocycles. The van der Waals surface area contributed by atoms with Crippen LogP contribution < -0.4 is 0 Å². The van der Waals surface area contributed by atoms with E-state index in [2.05, 4.69) is 6.58 Å². The Balaban J connectivity index is 1.49. The van der Waals surface area contributed by atoms with Gasteiger partial charge in [0.1, 0.15) is 0 Å². The highest BCUT2D eigenvalue weighted by atomic mass is 16.5. The predicted molar refractivity (Wildman–Crippen MR) is 154 cm³/mol. The summed E-state index contributed by atoms with van der Waals surface area (Å²) in [6.07, 6.45) is 19.1. The monoisotopic (exact) mass is 548 g/mol. The van der Waals surface area contributed by atoms with E-state index in [1.165, 1.54) is 84.2 Å². The van der Waals surface area contributed by atoms with Crippen LogP contribution in [0.15, 0.2) is 12.2 Å². The minimum Gasteiger partial charge on any atom is -0.465 e. The molecule has 0 aromatic rings. The Labute approximate surface area is 237 Å². The van der Waals surface area contributed by atoms with Gasteiger partial charge >= 0.3 is 11.9 Å². The third-order valence-electron chi connectivity index (χ3n) is 10.1. The summed E-state index contributed by atoms with van der Waals surface area (Å²) in [6.45, 7) is 7.98. The van der Waals surface area contributed by atoms with Crippen molar-refractivity contribution in [2.75, 3.05) is 33.5 Å². The second-order valence-electron chi connectivity index (χ2n) is 13.7. The molecule has 39 heavy (non-hydrogen) atoms. The van der Waals surface area contributed by atoms with Gasteiger partial charge in [0.05, 0.1) is 31.8 Å². The summed E-state index contributed by atoms with van der Waals surface area (Å²) >= 11 is 0. The second-order valence-corrected chi connectivity index (χ2v) is 13.7. The third kappa shape index (κ3) is 10.5. The SMILES string of the molecule is C=C(COC)C(=O)OCC(COC(=O)CC(C)(C)CO)C1CCC(C2CCC(C3CCCCCC3)CC2)CC1. The number of hydrogen-bond donors (Lipinski definition) is 1. The fourth-order valence-corrected chi connectivity index (χ4v) is 7.49. The standard InChI is InChI=1S/C33H56O6/c1-24(20-37-4)32(36)39-22-30(21-38-31(35)19-33(2,3)23-34)29-17-15-28(16-18-29)27-13-11-26(12-14-27)25-9-7-5-6-8-10-25/h25-30,34H,1,5-23H2,2-4H3. The van der Waals surface area contributed by atoms with Crippen molar-refractivity contribution in [2.24, 2.45) is 40.9 Å². The quantitative estimate of drug-likeness (QED) is 0.153. The Morgan fingerprint density at radius 2 is 1.28 bits per heavy atom. The Morgan fingerprint density at radius 3 is 1.79 bits per heavy atom. The summed E-state index contributed by atoms with van der Waals surface area (Å²) in [7, 11) is 1.52. The van der Waals surface area contributed by atoms with Crippen molar-refractivity contribution in [3.05, 3.63) is 12.2 Å². The van der Waals surface area contributed by atoms with Crippen LogP contribution in [0.1, 0.15) is 110 Å². The van der Waals surface area contributed by atoms with Gasteiger partial charge in [-0.1, -0.05) is 59.0 Å². The lowest BCUT2D eigenvalue weighted by Gasteiger charge is -2.41. The summed E-state index contributed by atoms with van der Waals surface area (Å²) in [5.41, 5.74) is -0.217. The minimum atomic E-state index is -0.510. The zero-order chi connectivity index (χ0) is 28.3. The highest BCUT2D eigenvalue weighted by Gasteiger charge is 2.36. The first kappa shape index (κ1) is 32.1. The minimum absolute atomic E-state index is 0.0302. The van der Waals surface area contributed by atoms with Crippen LogP contribution in [0.25, 0.3) is 0 Å². The highest BCUT2D eigenvalue weighted by molar-refractivity contribution is 5.87. The molecular formula is C33H56O6. The average Bonchev–Trinajstić information content (AvgIpc) is 3.23. The Hall–Kier alpha value is -1.40. The summed E-state index contributed by atoms with van der Waals surface area (Å²) < 4.78 is 16.3. The topological polar surface area (TPSA) is 82.1 Å². The molecule has 6 nitrogen and oxygen atoms in total. The molecule has 3 rings (SSSR count). The normalized spacial score (nSPS) is 27.8. The fourth-order valence-electron chi connectivity index (χ4n) is 7.49. The molecule has 0 aliphatic heterocycles. The zero-order valence-electron chi connectivity index (χ0n) is 25.1. The maximum atomic E-state index is 12.5. The number of ether oxygens (including phenoxy) is 3. The van der Waals surface area contributed by atoms with E-state index in [4.69, 9.17) is 14.2 Å². The Morgan fingerprint density at radius 1 is 0.795 bits per heavy atom. The maximum Gasteiger partial charge on any atom is 0.335 e. The Bertz CT molecular complexity index is 752. The van der Waals surface area contributed by atoms with Gasteiger partial charge in [0.15, 0.2) is 0 Å². The molecular weight excluding hydrogens is 492 g/mol. The molecule has 0 radical (unpaired) electrons. The molecule has 1 unspecified atom stereocenters. The van der Waals surface area contributed by atoms with Crippen LogP contribution in [0, 0.1) is 40.9 Å². The van der Waals surface area contributed by atoms with Gasteiger partial charge in [-0.15, -0.1) is 0 Å². The highest BCUT2D eigenvalue weighted by Crippen LogP contribution is 2.46. The maximum absolute atomic E-state index is 12.5. The van der Waals surface area contributed by atoms with Crippen LogP contribution in [0.3, 0.4) is 0 Å². The Kier molecular flexibility index (Phi) is 13.3. The van der Waals surface area contributed by atoms with Gasteiger partial charge in [-0.2, -0.15) is 0 Å². The number of hydrogen-bond acceptors (Lipinski definition) is 6.